The molecule has 10 heteroatoms. The molecular weight excluding hydrogens is 466 g/mol. The van der Waals surface area contributed by atoms with E-state index >= 15 is 0 Å². The molecule has 0 spiro atoms. The molecule has 0 unspecified atom stereocenters. The van der Waals surface area contributed by atoms with Gasteiger partial charge in [-0.2, -0.15) is 18.3 Å². The van der Waals surface area contributed by atoms with E-state index in [9.17, 15) is 32.3 Å². The molecule has 182 valence electrons. The van der Waals surface area contributed by atoms with Crippen LogP contribution < -0.4 is 5.32 Å². The zero-order valence-corrected chi connectivity index (χ0v) is 18.6. The van der Waals surface area contributed by atoms with Crippen molar-refractivity contribution in [2.45, 2.75) is 50.2 Å². The highest BCUT2D eigenvalue weighted by Crippen LogP contribution is 2.50. The third-order valence-electron chi connectivity index (χ3n) is 6.63. The number of nitrogens with zero attached hydrogens (tertiary/aromatic N) is 2. The van der Waals surface area contributed by atoms with Gasteiger partial charge in [-0.3, -0.25) is 9.48 Å². The normalized spacial score (nSPS) is 16.7. The average molecular weight is 487 g/mol. The van der Waals surface area contributed by atoms with Crippen LogP contribution in [-0.4, -0.2) is 26.8 Å². The number of halogens is 4. The van der Waals surface area contributed by atoms with Gasteiger partial charge in [0, 0.05) is 28.6 Å². The molecule has 0 aliphatic heterocycles. The highest BCUT2D eigenvalue weighted by atomic mass is 19.4. The third kappa shape index (κ3) is 4.17. The second-order valence-electron chi connectivity index (χ2n) is 9.19. The van der Waals surface area contributed by atoms with Crippen molar-refractivity contribution in [2.24, 2.45) is 0 Å². The number of hydrogen-bond acceptors (Lipinski definition) is 3. The average Bonchev–Trinajstić information content (AvgIpc) is 3.71. The summed E-state index contributed by atoms with van der Waals surface area (Å²) in [5.74, 6) is -2.88. The molecule has 2 aliphatic carbocycles. The molecule has 1 amide bonds. The van der Waals surface area contributed by atoms with Crippen molar-refractivity contribution < 1.29 is 32.3 Å². The number of carbonyl (C=O) groups is 2. The number of alkyl halides is 3. The Balaban J connectivity index is 1.44. The Morgan fingerprint density at radius 3 is 2.46 bits per heavy atom. The number of benzene rings is 2. The Bertz CT molecular complexity index is 1350. The zero-order chi connectivity index (χ0) is 25.1. The van der Waals surface area contributed by atoms with E-state index in [4.69, 9.17) is 0 Å². The van der Waals surface area contributed by atoms with Crippen LogP contribution in [0, 0.1) is 12.7 Å². The molecule has 5 rings (SSSR count). The molecule has 0 bridgehead atoms. The minimum atomic E-state index is -4.69. The number of carbonyl (C=O) groups excluding carboxylic acids is 1. The van der Waals surface area contributed by atoms with Crippen molar-refractivity contribution in [3.8, 4) is 11.1 Å². The Morgan fingerprint density at radius 1 is 1.17 bits per heavy atom. The summed E-state index contributed by atoms with van der Waals surface area (Å²) in [5, 5.41) is 16.8. The predicted molar refractivity (Wildman–Crippen MR) is 119 cm³/mol. The molecule has 2 aromatic carbocycles. The van der Waals surface area contributed by atoms with Crippen LogP contribution in [0.3, 0.4) is 0 Å². The number of rotatable bonds is 6. The summed E-state index contributed by atoms with van der Waals surface area (Å²) in [6.07, 6.45) is 1.31. The van der Waals surface area contributed by atoms with Crippen LogP contribution in [0.5, 0.6) is 0 Å². The largest absolute Gasteiger partial charge is 0.478 e. The van der Waals surface area contributed by atoms with Crippen molar-refractivity contribution >= 4 is 17.6 Å². The Kier molecular flexibility index (Phi) is 5.23. The quantitative estimate of drug-likeness (QED) is 0.436. The second-order valence-corrected chi connectivity index (χ2v) is 9.19. The van der Waals surface area contributed by atoms with E-state index in [0.29, 0.717) is 28.8 Å². The molecular formula is C25H21F4N3O3. The minimum absolute atomic E-state index is 0.0267. The minimum Gasteiger partial charge on any atom is -0.478 e. The van der Waals surface area contributed by atoms with E-state index in [1.807, 2.05) is 4.68 Å². The fourth-order valence-electron chi connectivity index (χ4n) is 4.49. The molecule has 3 aromatic rings. The molecule has 2 fully saturated rings. The number of amides is 1. The lowest BCUT2D eigenvalue weighted by molar-refractivity contribution is -0.137. The summed E-state index contributed by atoms with van der Waals surface area (Å²) < 4.78 is 55.1. The summed E-state index contributed by atoms with van der Waals surface area (Å²) >= 11 is 0. The molecule has 2 N–H and O–H groups in total. The van der Waals surface area contributed by atoms with E-state index in [0.717, 1.165) is 25.0 Å². The number of nitrogens with one attached hydrogen (secondary N) is 1. The summed E-state index contributed by atoms with van der Waals surface area (Å²) in [5.41, 5.74) is -0.619. The first-order valence-electron chi connectivity index (χ1n) is 11.1. The zero-order valence-electron chi connectivity index (χ0n) is 18.6. The van der Waals surface area contributed by atoms with E-state index in [1.54, 1.807) is 25.4 Å². The summed E-state index contributed by atoms with van der Waals surface area (Å²) in [4.78, 5) is 25.1. The number of anilines is 1. The van der Waals surface area contributed by atoms with Crippen LogP contribution in [0.1, 0.15) is 58.8 Å². The molecule has 35 heavy (non-hydrogen) atoms. The number of hydrogen-bond donors (Lipinski definition) is 2. The van der Waals surface area contributed by atoms with Gasteiger partial charge < -0.3 is 10.4 Å². The monoisotopic (exact) mass is 487 g/mol. The van der Waals surface area contributed by atoms with Gasteiger partial charge in [-0.05, 0) is 62.4 Å². The Hall–Kier alpha value is -3.69. The number of aromatic carboxylic acids is 1. The van der Waals surface area contributed by atoms with Crippen LogP contribution in [-0.2, 0) is 16.4 Å². The number of aryl methyl sites for hydroxylation is 1. The number of carboxylic acids is 1. The molecule has 0 atom stereocenters. The van der Waals surface area contributed by atoms with Crippen LogP contribution in [0.4, 0.5) is 23.2 Å². The summed E-state index contributed by atoms with van der Waals surface area (Å²) in [6.45, 7) is 1.72. The van der Waals surface area contributed by atoms with Crippen molar-refractivity contribution in [3.63, 3.8) is 0 Å². The highest BCUT2D eigenvalue weighted by molar-refractivity contribution is 6.04. The van der Waals surface area contributed by atoms with Gasteiger partial charge in [0.1, 0.15) is 5.82 Å². The molecule has 2 saturated carbocycles. The van der Waals surface area contributed by atoms with Crippen molar-refractivity contribution in [1.82, 2.24) is 9.78 Å². The third-order valence-corrected chi connectivity index (χ3v) is 6.63. The summed E-state index contributed by atoms with van der Waals surface area (Å²) in [7, 11) is 0. The topological polar surface area (TPSA) is 84.2 Å². The number of carboxylic acid groups (broad SMARTS) is 1. The van der Waals surface area contributed by atoms with Gasteiger partial charge in [0.25, 0.3) is 0 Å². The second kappa shape index (κ2) is 7.93. The van der Waals surface area contributed by atoms with Crippen LogP contribution in [0.15, 0.2) is 42.7 Å². The molecule has 6 nitrogen and oxygen atoms in total. The molecule has 0 saturated heterocycles. The predicted octanol–water partition coefficient (Wildman–Crippen LogP) is 5.72. The lowest BCUT2D eigenvalue weighted by atomic mass is 9.92. The molecule has 1 aromatic heterocycles. The fourth-order valence-corrected chi connectivity index (χ4v) is 4.49. The van der Waals surface area contributed by atoms with Gasteiger partial charge >= 0.3 is 12.1 Å². The molecule has 0 radical (unpaired) electrons. The van der Waals surface area contributed by atoms with Crippen LogP contribution in [0.25, 0.3) is 11.1 Å². The number of aromatic nitrogens is 2. The standard InChI is InChI=1S/C25H21F4N3O3/c1-13-8-16(10-18(22(33)34)21(13)14-11-30-32(12-14)17-3-4-17)31-23(35)24(6-7-24)19-5-2-15(9-20(19)26)25(27,28)29/h2,5,8-12,17H,3-4,6-7H2,1H3,(H,31,35)(H,33,34). The van der Waals surface area contributed by atoms with Gasteiger partial charge in [-0.1, -0.05) is 6.07 Å². The van der Waals surface area contributed by atoms with Crippen molar-refractivity contribution in [1.29, 1.82) is 0 Å². The van der Waals surface area contributed by atoms with E-state index in [-0.39, 0.29) is 29.7 Å². The maximum Gasteiger partial charge on any atom is 0.416 e. The van der Waals surface area contributed by atoms with Crippen molar-refractivity contribution in [2.75, 3.05) is 5.32 Å². The maximum absolute atomic E-state index is 14.6. The SMILES string of the molecule is Cc1cc(NC(=O)C2(c3ccc(C(F)(F)F)cc3F)CC2)cc(C(=O)O)c1-c1cnn(C2CC2)c1. The smallest absolute Gasteiger partial charge is 0.416 e. The lowest BCUT2D eigenvalue weighted by Gasteiger charge is -2.19. The van der Waals surface area contributed by atoms with Gasteiger partial charge in [0.2, 0.25) is 5.91 Å². The first-order chi connectivity index (χ1) is 16.5. The lowest BCUT2D eigenvalue weighted by Crippen LogP contribution is -2.29. The van der Waals surface area contributed by atoms with Crippen LogP contribution >= 0.6 is 0 Å². The Morgan fingerprint density at radius 2 is 1.89 bits per heavy atom. The fraction of sp³-hybridized carbons (Fsp3) is 0.320. The van der Waals surface area contributed by atoms with E-state index < -0.39 is 34.8 Å². The molecule has 2 aliphatic rings. The van der Waals surface area contributed by atoms with E-state index in [1.165, 1.54) is 6.07 Å². The maximum atomic E-state index is 14.6. The van der Waals surface area contributed by atoms with Gasteiger partial charge in [0.15, 0.2) is 0 Å². The van der Waals surface area contributed by atoms with Gasteiger partial charge in [0.05, 0.1) is 28.8 Å². The van der Waals surface area contributed by atoms with E-state index in [2.05, 4.69) is 10.4 Å². The van der Waals surface area contributed by atoms with Crippen molar-refractivity contribution in [3.05, 3.63) is 70.8 Å². The first kappa shape index (κ1) is 23.1. The van der Waals surface area contributed by atoms with Gasteiger partial charge in [-0.25, -0.2) is 9.18 Å². The summed E-state index contributed by atoms with van der Waals surface area (Å²) in [6, 6.07) is 5.43. The van der Waals surface area contributed by atoms with Gasteiger partial charge in [-0.15, -0.1) is 0 Å². The van der Waals surface area contributed by atoms with Crippen LogP contribution in [0.2, 0.25) is 0 Å². The molecule has 1 heterocycles. The first-order valence-corrected chi connectivity index (χ1v) is 11.1. The Labute approximate surface area is 197 Å². The highest BCUT2D eigenvalue weighted by Gasteiger charge is 2.53.